The van der Waals surface area contributed by atoms with Gasteiger partial charge in [-0.25, -0.2) is 8.42 Å². The molecule has 1 amide bonds. The van der Waals surface area contributed by atoms with E-state index in [1.807, 2.05) is 12.1 Å². The summed E-state index contributed by atoms with van der Waals surface area (Å²) in [5, 5.41) is 2.45. The maximum atomic E-state index is 12.1. The lowest BCUT2D eigenvalue weighted by Gasteiger charge is -2.05. The molecule has 2 heterocycles. The van der Waals surface area contributed by atoms with E-state index < -0.39 is 15.9 Å². The van der Waals surface area contributed by atoms with Gasteiger partial charge in [0.1, 0.15) is 9.79 Å². The highest BCUT2D eigenvalue weighted by Crippen LogP contribution is 2.24. The number of thiophene rings is 1. The number of hydrogen-bond donors (Lipinski definition) is 2. The summed E-state index contributed by atoms with van der Waals surface area (Å²) >= 11 is 1.06. The van der Waals surface area contributed by atoms with Gasteiger partial charge in [0.05, 0.1) is 0 Å². The van der Waals surface area contributed by atoms with Crippen LogP contribution in [0.3, 0.4) is 0 Å². The van der Waals surface area contributed by atoms with Gasteiger partial charge in [0.25, 0.3) is 10.0 Å². The number of rotatable bonds is 4. The standard InChI is InChI=1S/C14H12N2O4S2/c1-9-10-5-2-3-6-11(10)20-13(9)14(17)15-16-22(18,19)12-7-4-8-21-12/h2-8,16H,1H3,(H,15,17). The fraction of sp³-hybridized carbons (Fsp3) is 0.0714. The van der Waals surface area contributed by atoms with Gasteiger partial charge in [0.15, 0.2) is 5.76 Å². The van der Waals surface area contributed by atoms with E-state index in [0.717, 1.165) is 16.7 Å². The minimum Gasteiger partial charge on any atom is -0.451 e. The number of fused-ring (bicyclic) bond motifs is 1. The van der Waals surface area contributed by atoms with Crippen molar-refractivity contribution in [2.24, 2.45) is 0 Å². The molecule has 0 aliphatic rings. The predicted octanol–water partition coefficient (Wildman–Crippen LogP) is 2.43. The minimum absolute atomic E-state index is 0.0788. The predicted molar refractivity (Wildman–Crippen MR) is 83.1 cm³/mol. The third kappa shape index (κ3) is 2.63. The Morgan fingerprint density at radius 2 is 1.95 bits per heavy atom. The van der Waals surface area contributed by atoms with Gasteiger partial charge >= 0.3 is 5.91 Å². The van der Waals surface area contributed by atoms with Crippen LogP contribution in [0.25, 0.3) is 11.0 Å². The number of amides is 1. The third-order valence-corrected chi connectivity index (χ3v) is 5.75. The molecule has 114 valence electrons. The summed E-state index contributed by atoms with van der Waals surface area (Å²) in [6, 6.07) is 10.3. The molecule has 0 spiro atoms. The number of nitrogens with one attached hydrogen (secondary N) is 2. The van der Waals surface area contributed by atoms with Gasteiger partial charge in [-0.2, -0.15) is 0 Å². The molecule has 0 aliphatic carbocycles. The maximum absolute atomic E-state index is 12.1. The van der Waals surface area contributed by atoms with Gasteiger partial charge in [-0.05, 0) is 24.4 Å². The summed E-state index contributed by atoms with van der Waals surface area (Å²) in [6.07, 6.45) is 0. The first-order valence-corrected chi connectivity index (χ1v) is 8.69. The van der Waals surface area contributed by atoms with E-state index in [-0.39, 0.29) is 9.97 Å². The van der Waals surface area contributed by atoms with Gasteiger partial charge in [-0.15, -0.1) is 16.2 Å². The summed E-state index contributed by atoms with van der Waals surface area (Å²) in [4.78, 5) is 14.2. The highest BCUT2D eigenvalue weighted by molar-refractivity contribution is 7.91. The normalized spacial score (nSPS) is 11.7. The summed E-state index contributed by atoms with van der Waals surface area (Å²) < 4.78 is 29.5. The smallest absolute Gasteiger partial charge is 0.302 e. The first-order chi connectivity index (χ1) is 10.5. The zero-order valence-electron chi connectivity index (χ0n) is 11.5. The fourth-order valence-corrected chi connectivity index (χ4v) is 3.86. The van der Waals surface area contributed by atoms with Crippen molar-refractivity contribution >= 4 is 38.2 Å². The highest BCUT2D eigenvalue weighted by atomic mass is 32.2. The van der Waals surface area contributed by atoms with Crippen molar-refractivity contribution in [3.8, 4) is 0 Å². The Morgan fingerprint density at radius 1 is 1.18 bits per heavy atom. The van der Waals surface area contributed by atoms with Crippen LogP contribution in [0, 0.1) is 6.92 Å². The van der Waals surface area contributed by atoms with Gasteiger partial charge in [-0.1, -0.05) is 24.3 Å². The fourth-order valence-electron chi connectivity index (χ4n) is 2.03. The molecule has 0 aliphatic heterocycles. The Balaban J connectivity index is 1.81. The van der Waals surface area contributed by atoms with Crippen molar-refractivity contribution in [2.75, 3.05) is 0 Å². The van der Waals surface area contributed by atoms with Gasteiger partial charge < -0.3 is 4.42 Å². The van der Waals surface area contributed by atoms with Crippen LogP contribution >= 0.6 is 11.3 Å². The molecule has 1 aromatic carbocycles. The molecule has 0 unspecified atom stereocenters. The molecular weight excluding hydrogens is 324 g/mol. The molecule has 22 heavy (non-hydrogen) atoms. The van der Waals surface area contributed by atoms with Crippen molar-refractivity contribution in [1.29, 1.82) is 0 Å². The minimum atomic E-state index is -3.77. The third-order valence-electron chi connectivity index (χ3n) is 3.11. The van der Waals surface area contributed by atoms with Gasteiger partial charge in [0.2, 0.25) is 0 Å². The molecule has 0 saturated carbocycles. The van der Waals surface area contributed by atoms with E-state index >= 15 is 0 Å². The van der Waals surface area contributed by atoms with Crippen molar-refractivity contribution in [1.82, 2.24) is 10.3 Å². The lowest BCUT2D eigenvalue weighted by Crippen LogP contribution is -2.41. The molecular formula is C14H12N2O4S2. The molecule has 6 nitrogen and oxygen atoms in total. The molecule has 3 aromatic rings. The second kappa shape index (κ2) is 5.56. The molecule has 8 heteroatoms. The quantitative estimate of drug-likeness (QED) is 0.716. The average Bonchev–Trinajstić information content (AvgIpc) is 3.14. The number of hydrogen-bond acceptors (Lipinski definition) is 5. The summed E-state index contributed by atoms with van der Waals surface area (Å²) in [5.41, 5.74) is 3.40. The number of hydrazine groups is 1. The van der Waals surface area contributed by atoms with Crippen LogP contribution in [0.1, 0.15) is 16.1 Å². The van der Waals surface area contributed by atoms with E-state index in [1.165, 1.54) is 6.07 Å². The lowest BCUT2D eigenvalue weighted by atomic mass is 10.1. The lowest BCUT2D eigenvalue weighted by molar-refractivity contribution is 0.0918. The van der Waals surface area contributed by atoms with Crippen molar-refractivity contribution in [2.45, 2.75) is 11.1 Å². The molecule has 0 radical (unpaired) electrons. The van der Waals surface area contributed by atoms with Gasteiger partial charge in [0, 0.05) is 10.9 Å². The van der Waals surface area contributed by atoms with Crippen molar-refractivity contribution in [3.63, 3.8) is 0 Å². The van der Waals surface area contributed by atoms with Crippen LogP contribution in [0.15, 0.2) is 50.4 Å². The number of carbonyl (C=O) groups excluding carboxylic acids is 1. The van der Waals surface area contributed by atoms with Crippen LogP contribution in [-0.2, 0) is 10.0 Å². The monoisotopic (exact) mass is 336 g/mol. The van der Waals surface area contributed by atoms with E-state index in [4.69, 9.17) is 4.42 Å². The SMILES string of the molecule is Cc1c(C(=O)NNS(=O)(=O)c2cccs2)oc2ccccc12. The van der Waals surface area contributed by atoms with Crippen molar-refractivity contribution in [3.05, 3.63) is 53.1 Å². The Kier molecular flexibility index (Phi) is 3.73. The molecule has 3 rings (SSSR count). The summed E-state index contributed by atoms with van der Waals surface area (Å²) in [5.74, 6) is -0.566. The van der Waals surface area contributed by atoms with Crippen LogP contribution < -0.4 is 10.3 Å². The highest BCUT2D eigenvalue weighted by Gasteiger charge is 2.20. The number of aryl methyl sites for hydroxylation is 1. The summed E-state index contributed by atoms with van der Waals surface area (Å²) in [7, 11) is -3.77. The Bertz CT molecular complexity index is 927. The summed E-state index contributed by atoms with van der Waals surface area (Å²) in [6.45, 7) is 1.74. The number of sulfonamides is 1. The molecule has 2 aromatic heterocycles. The second-order valence-electron chi connectivity index (χ2n) is 4.54. The molecule has 2 N–H and O–H groups in total. The van der Waals surface area contributed by atoms with E-state index in [9.17, 15) is 13.2 Å². The molecule has 0 atom stereocenters. The molecule has 0 bridgehead atoms. The van der Waals surface area contributed by atoms with E-state index in [2.05, 4.69) is 10.3 Å². The van der Waals surface area contributed by atoms with Crippen LogP contribution in [-0.4, -0.2) is 14.3 Å². The zero-order chi connectivity index (χ0) is 15.7. The number of carbonyl (C=O) groups is 1. The van der Waals surface area contributed by atoms with Crippen LogP contribution in [0.2, 0.25) is 0 Å². The van der Waals surface area contributed by atoms with Crippen LogP contribution in [0.5, 0.6) is 0 Å². The largest absolute Gasteiger partial charge is 0.451 e. The first kappa shape index (κ1) is 14.8. The van der Waals surface area contributed by atoms with E-state index in [1.54, 1.807) is 30.5 Å². The number of para-hydroxylation sites is 1. The van der Waals surface area contributed by atoms with Crippen LogP contribution in [0.4, 0.5) is 0 Å². The first-order valence-electron chi connectivity index (χ1n) is 6.33. The Morgan fingerprint density at radius 3 is 2.64 bits per heavy atom. The topological polar surface area (TPSA) is 88.4 Å². The molecule has 0 saturated heterocycles. The number of benzene rings is 1. The Labute approximate surface area is 130 Å². The van der Waals surface area contributed by atoms with Gasteiger partial charge in [-0.3, -0.25) is 10.2 Å². The number of furan rings is 1. The average molecular weight is 336 g/mol. The second-order valence-corrected chi connectivity index (χ2v) is 7.40. The zero-order valence-corrected chi connectivity index (χ0v) is 13.1. The maximum Gasteiger partial charge on any atom is 0.302 e. The molecule has 0 fully saturated rings. The Hall–Kier alpha value is -2.16. The van der Waals surface area contributed by atoms with Crippen molar-refractivity contribution < 1.29 is 17.6 Å². The van der Waals surface area contributed by atoms with E-state index in [0.29, 0.717) is 11.1 Å².